The van der Waals surface area contributed by atoms with E-state index in [9.17, 15) is 4.79 Å². The fourth-order valence-corrected chi connectivity index (χ4v) is 3.87. The third-order valence-electron chi connectivity index (χ3n) is 5.56. The number of anilines is 1. The smallest absolute Gasteiger partial charge is 0.251 e. The summed E-state index contributed by atoms with van der Waals surface area (Å²) in [5.41, 5.74) is 10.6. The molecule has 0 saturated carbocycles. The molecule has 0 unspecified atom stereocenters. The molecule has 9 heteroatoms. The summed E-state index contributed by atoms with van der Waals surface area (Å²) in [6, 6.07) is 11.7. The molecule has 31 heavy (non-hydrogen) atoms. The first-order valence-corrected chi connectivity index (χ1v) is 10.5. The second-order valence-corrected chi connectivity index (χ2v) is 7.62. The van der Waals surface area contributed by atoms with Crippen LogP contribution in [-0.2, 0) is 4.74 Å². The van der Waals surface area contributed by atoms with Gasteiger partial charge in [0.1, 0.15) is 5.69 Å². The molecule has 1 saturated heterocycles. The van der Waals surface area contributed by atoms with Crippen molar-refractivity contribution >= 4 is 33.5 Å². The van der Waals surface area contributed by atoms with Gasteiger partial charge in [0, 0.05) is 36.3 Å². The van der Waals surface area contributed by atoms with E-state index >= 15 is 0 Å². The number of ether oxygens (including phenoxy) is 1. The first-order valence-electron chi connectivity index (χ1n) is 10.5. The van der Waals surface area contributed by atoms with Crippen molar-refractivity contribution < 1.29 is 9.53 Å². The molecule has 160 valence electrons. The van der Waals surface area contributed by atoms with Crippen LogP contribution in [0.2, 0.25) is 0 Å². The summed E-state index contributed by atoms with van der Waals surface area (Å²) in [7, 11) is 0. The van der Waals surface area contributed by atoms with Crippen molar-refractivity contribution in [1.82, 2.24) is 25.5 Å². The number of amides is 1. The van der Waals surface area contributed by atoms with Gasteiger partial charge in [0.15, 0.2) is 5.82 Å². The first-order chi connectivity index (χ1) is 15.2. The summed E-state index contributed by atoms with van der Waals surface area (Å²) in [5, 5.41) is 11.2. The van der Waals surface area contributed by atoms with Gasteiger partial charge in [-0.1, -0.05) is 0 Å². The van der Waals surface area contributed by atoms with Gasteiger partial charge in [-0.15, -0.1) is 0 Å². The number of hydrogen-bond donors (Lipinski definition) is 4. The van der Waals surface area contributed by atoms with Gasteiger partial charge in [-0.2, -0.15) is 5.10 Å². The topological polar surface area (TPSA) is 125 Å². The van der Waals surface area contributed by atoms with E-state index in [1.54, 1.807) is 6.07 Å². The molecule has 4 aromatic rings. The number of benzene rings is 2. The number of nitrogens with two attached hydrogens (primary N) is 1. The molecule has 0 aliphatic carbocycles. The summed E-state index contributed by atoms with van der Waals surface area (Å²) in [4.78, 5) is 22.9. The molecule has 2 aromatic heterocycles. The number of carbonyl (C=O) groups excluding carboxylic acids is 1. The number of imidazole rings is 1. The molecule has 5 N–H and O–H groups in total. The lowest BCUT2D eigenvalue weighted by Gasteiger charge is -2.28. The van der Waals surface area contributed by atoms with Crippen LogP contribution in [0.5, 0.6) is 0 Å². The lowest BCUT2D eigenvalue weighted by Crippen LogP contribution is -2.36. The standard InChI is InChI=1S/C22H25N7O2/c23-6-1-7-24-22(30)14-2-4-17-16(12-14)20(28-27-17)21-25-18-5-3-15(13-19(18)26-21)29-8-10-31-11-9-29/h2-5,12-13H,1,6-11,23H2,(H,24,30)(H,25,26)(H,27,28). The predicted octanol–water partition coefficient (Wildman–Crippen LogP) is 2.02. The first kappa shape index (κ1) is 19.5. The number of H-pyrrole nitrogens is 2. The summed E-state index contributed by atoms with van der Waals surface area (Å²) in [6.07, 6.45) is 0.746. The lowest BCUT2D eigenvalue weighted by atomic mass is 10.1. The number of nitrogens with one attached hydrogen (secondary N) is 3. The Kier molecular flexibility index (Phi) is 5.27. The number of aromatic amines is 2. The number of morpholine rings is 1. The SMILES string of the molecule is NCCCNC(=O)c1ccc2[nH]nc(-c3nc4ccc(N5CCOCC5)cc4[nH]3)c2c1. The van der Waals surface area contributed by atoms with Crippen molar-refractivity contribution in [1.29, 1.82) is 0 Å². The average molecular weight is 419 g/mol. The zero-order valence-electron chi connectivity index (χ0n) is 17.1. The van der Waals surface area contributed by atoms with Crippen LogP contribution in [0.1, 0.15) is 16.8 Å². The number of rotatable bonds is 6. The maximum atomic E-state index is 12.4. The number of fused-ring (bicyclic) bond motifs is 2. The number of nitrogens with zero attached hydrogens (tertiary/aromatic N) is 3. The van der Waals surface area contributed by atoms with Crippen molar-refractivity contribution in [2.24, 2.45) is 5.73 Å². The van der Waals surface area contributed by atoms with Crippen LogP contribution in [0.15, 0.2) is 36.4 Å². The van der Waals surface area contributed by atoms with E-state index in [4.69, 9.17) is 15.5 Å². The Morgan fingerprint density at radius 1 is 1.16 bits per heavy atom. The van der Waals surface area contributed by atoms with Gasteiger partial charge in [-0.05, 0) is 49.4 Å². The van der Waals surface area contributed by atoms with E-state index in [0.29, 0.717) is 30.2 Å². The minimum absolute atomic E-state index is 0.123. The molecule has 1 fully saturated rings. The molecule has 5 rings (SSSR count). The molecule has 1 aliphatic rings. The van der Waals surface area contributed by atoms with E-state index < -0.39 is 0 Å². The lowest BCUT2D eigenvalue weighted by molar-refractivity contribution is 0.0953. The van der Waals surface area contributed by atoms with Crippen molar-refractivity contribution in [2.75, 3.05) is 44.3 Å². The molecule has 2 aromatic carbocycles. The summed E-state index contributed by atoms with van der Waals surface area (Å²) in [5.74, 6) is 0.545. The Morgan fingerprint density at radius 2 is 2.03 bits per heavy atom. The molecule has 1 amide bonds. The highest BCUT2D eigenvalue weighted by molar-refractivity contribution is 6.01. The van der Waals surface area contributed by atoms with Crippen LogP contribution in [0.3, 0.4) is 0 Å². The predicted molar refractivity (Wildman–Crippen MR) is 120 cm³/mol. The molecule has 0 spiro atoms. The monoisotopic (exact) mass is 419 g/mol. The van der Waals surface area contributed by atoms with Crippen molar-refractivity contribution in [3.63, 3.8) is 0 Å². The third kappa shape index (κ3) is 3.85. The van der Waals surface area contributed by atoms with Crippen LogP contribution in [0, 0.1) is 0 Å². The van der Waals surface area contributed by atoms with Crippen LogP contribution < -0.4 is 16.0 Å². The minimum atomic E-state index is -0.123. The Labute approximate surface area is 179 Å². The van der Waals surface area contributed by atoms with E-state index in [2.05, 4.69) is 37.5 Å². The highest BCUT2D eigenvalue weighted by atomic mass is 16.5. The molecule has 1 aliphatic heterocycles. The largest absolute Gasteiger partial charge is 0.378 e. The highest BCUT2D eigenvalue weighted by Crippen LogP contribution is 2.29. The van der Waals surface area contributed by atoms with Crippen LogP contribution in [0.4, 0.5) is 5.69 Å². The molecular formula is C22H25N7O2. The second-order valence-electron chi connectivity index (χ2n) is 7.62. The van der Waals surface area contributed by atoms with E-state index in [0.717, 1.165) is 60.3 Å². The normalized spacial score (nSPS) is 14.4. The van der Waals surface area contributed by atoms with Crippen molar-refractivity contribution in [3.8, 4) is 11.5 Å². The second kappa shape index (κ2) is 8.37. The maximum absolute atomic E-state index is 12.4. The van der Waals surface area contributed by atoms with Gasteiger partial charge in [-0.3, -0.25) is 9.89 Å². The molecule has 0 radical (unpaired) electrons. The Morgan fingerprint density at radius 3 is 2.87 bits per heavy atom. The van der Waals surface area contributed by atoms with E-state index in [1.807, 2.05) is 18.2 Å². The quantitative estimate of drug-likeness (QED) is 0.354. The summed E-state index contributed by atoms with van der Waals surface area (Å²) < 4.78 is 5.45. The molecule has 9 nitrogen and oxygen atoms in total. The Hall–Kier alpha value is -3.43. The van der Waals surface area contributed by atoms with E-state index in [1.165, 1.54) is 0 Å². The number of aromatic nitrogens is 4. The van der Waals surface area contributed by atoms with Crippen LogP contribution in [-0.4, -0.2) is 65.5 Å². The third-order valence-corrected chi connectivity index (χ3v) is 5.56. The minimum Gasteiger partial charge on any atom is -0.378 e. The number of carbonyl (C=O) groups is 1. The summed E-state index contributed by atoms with van der Waals surface area (Å²) in [6.45, 7) is 4.35. The summed E-state index contributed by atoms with van der Waals surface area (Å²) >= 11 is 0. The van der Waals surface area contributed by atoms with Crippen molar-refractivity contribution in [2.45, 2.75) is 6.42 Å². The molecule has 0 bridgehead atoms. The van der Waals surface area contributed by atoms with Gasteiger partial charge in [0.25, 0.3) is 5.91 Å². The highest BCUT2D eigenvalue weighted by Gasteiger charge is 2.17. The number of hydrogen-bond acceptors (Lipinski definition) is 6. The van der Waals surface area contributed by atoms with Gasteiger partial charge in [-0.25, -0.2) is 4.98 Å². The molecule has 0 atom stereocenters. The van der Waals surface area contributed by atoms with Crippen LogP contribution in [0.25, 0.3) is 33.5 Å². The van der Waals surface area contributed by atoms with Crippen molar-refractivity contribution in [3.05, 3.63) is 42.0 Å². The van der Waals surface area contributed by atoms with Gasteiger partial charge >= 0.3 is 0 Å². The zero-order chi connectivity index (χ0) is 21.2. The van der Waals surface area contributed by atoms with E-state index in [-0.39, 0.29) is 5.91 Å². The molecular weight excluding hydrogens is 394 g/mol. The maximum Gasteiger partial charge on any atom is 0.251 e. The average Bonchev–Trinajstić information content (AvgIpc) is 3.42. The zero-order valence-corrected chi connectivity index (χ0v) is 17.1. The van der Waals surface area contributed by atoms with Crippen LogP contribution >= 0.6 is 0 Å². The fraction of sp³-hybridized carbons (Fsp3) is 0.318. The Bertz CT molecular complexity index is 1220. The Balaban J connectivity index is 1.46. The van der Waals surface area contributed by atoms with Gasteiger partial charge < -0.3 is 25.7 Å². The molecule has 3 heterocycles. The van der Waals surface area contributed by atoms with Gasteiger partial charge in [0.2, 0.25) is 0 Å². The van der Waals surface area contributed by atoms with Gasteiger partial charge in [0.05, 0.1) is 29.8 Å². The fourth-order valence-electron chi connectivity index (χ4n) is 3.87.